The second-order valence-corrected chi connectivity index (χ2v) is 41.8. The summed E-state index contributed by atoms with van der Waals surface area (Å²) in [6.45, 7) is 32.0. The van der Waals surface area contributed by atoms with Gasteiger partial charge in [-0.25, -0.2) is 22.5 Å². The van der Waals surface area contributed by atoms with E-state index in [2.05, 4.69) is 241 Å². The van der Waals surface area contributed by atoms with Gasteiger partial charge in [-0.15, -0.1) is 0 Å². The van der Waals surface area contributed by atoms with Crippen molar-refractivity contribution < 1.29 is 17.6 Å². The summed E-state index contributed by atoms with van der Waals surface area (Å²) in [6.07, 6.45) is 41.0. The molecule has 4 bridgehead atoms. The minimum Gasteiger partial charge on any atom is -0.357 e. The summed E-state index contributed by atoms with van der Waals surface area (Å²) in [5.74, 6) is 7.44. The fourth-order valence-corrected chi connectivity index (χ4v) is 19.1. The molecule has 16 heteroatoms. The second kappa shape index (κ2) is 42.2. The fourth-order valence-electron chi connectivity index (χ4n) is 19.1. The molecule has 8 heterocycles. The summed E-state index contributed by atoms with van der Waals surface area (Å²) >= 11 is 0. The van der Waals surface area contributed by atoms with Crippen LogP contribution in [0.1, 0.15) is 338 Å². The first kappa shape index (κ1) is 95.6. The van der Waals surface area contributed by atoms with Crippen LogP contribution in [0.25, 0.3) is 78.5 Å². The summed E-state index contributed by atoms with van der Waals surface area (Å²) in [6, 6.07) is 60.7. The van der Waals surface area contributed by atoms with Crippen LogP contribution in [0.15, 0.2) is 250 Å². The van der Waals surface area contributed by atoms with Crippen molar-refractivity contribution in [2.75, 3.05) is 18.0 Å². The molecule has 1 aliphatic heterocycles. The maximum absolute atomic E-state index is 14.4. The van der Waals surface area contributed by atoms with E-state index < -0.39 is 0 Å². The first-order chi connectivity index (χ1) is 65.7. The highest BCUT2D eigenvalue weighted by atomic mass is 19.1. The maximum atomic E-state index is 14.4. The van der Waals surface area contributed by atoms with Crippen molar-refractivity contribution in [2.45, 2.75) is 276 Å². The van der Waals surface area contributed by atoms with E-state index in [1.807, 2.05) is 82.7 Å². The standard InChI is InChI=1S/2C19H21N.C18H22N2.4C16H17FN2/c1-13(2)15-4-3-5-16(8-15)18-7-6-17(12-20-18)19-9-14(10-19)11-19;1-13(2)15-4-3-5-16(8-15)17-6-7-18(20-12-17)19-9-14(10-19)11-19;1-14(2)15-6-5-7-16(12-15)17-8-9-18(19-13-17)20-10-3-4-11-20;1-10(2)12-5-13(7-14(17)6-12)16-9-18-15(8-19-16)11-3-4-11;1-10(2)13-7-12(5-6-14(13)17)16-9-18-15(8-19-16)11-3-4-11;1-10(2)12-5-6-14(17)13(7-12)16-9-18-15(8-19-16)11-3-4-11;1-10(2)12-4-3-5-13(16(12)17)15-9-18-14(8-19-15)11-6-7-11/h2*3-8,12-14H,9-11H2,1-2H3;5-9,12-14H,3-4,10-11H2,1-2H3;3*5-11H,3-4H2,1-2H3;3-5,8-11H,6-7H2,1-2H3. The first-order valence-corrected chi connectivity index (χ1v) is 50.1. The molecule has 12 nitrogen and oxygen atoms in total. The zero-order valence-electron chi connectivity index (χ0n) is 81.8. The van der Waals surface area contributed by atoms with Crippen molar-refractivity contribution in [1.82, 2.24) is 54.8 Å². The van der Waals surface area contributed by atoms with Gasteiger partial charge in [0.05, 0.1) is 76.0 Å². The molecule has 11 aliphatic rings. The van der Waals surface area contributed by atoms with Gasteiger partial charge in [0.2, 0.25) is 0 Å². The second-order valence-electron chi connectivity index (χ2n) is 41.8. The summed E-state index contributed by atoms with van der Waals surface area (Å²) in [5.41, 5.74) is 28.6. The molecule has 25 rings (SSSR count). The van der Waals surface area contributed by atoms with Gasteiger partial charge in [0.25, 0.3) is 0 Å². The third-order valence-corrected chi connectivity index (χ3v) is 28.9. The van der Waals surface area contributed by atoms with E-state index >= 15 is 0 Å². The van der Waals surface area contributed by atoms with Crippen molar-refractivity contribution in [3.8, 4) is 78.5 Å². The van der Waals surface area contributed by atoms with Crippen LogP contribution in [-0.2, 0) is 10.8 Å². The molecule has 0 N–H and O–H groups in total. The SMILES string of the molecule is CC(C)c1cc(-c2cnc(C3CC3)cn2)ccc1F.CC(C)c1cc(F)cc(-c2cnc(C3CC3)cn2)c1.CC(C)c1ccc(F)c(-c2cnc(C3CC3)cn2)c1.CC(C)c1cccc(-c2ccc(C34CC(C3)C4)cn2)c1.CC(C)c1cccc(-c2ccc(C34CC(C3)C4)nc2)c1.CC(C)c1cccc(-c2ccc(N3CCCC3)nc2)c1.CC(C)c1cccc(-c2cnc(C3CC3)cn2)c1F. The molecular formula is C120H132F4N12. The predicted molar refractivity (Wildman–Crippen MR) is 545 cm³/mol. The van der Waals surface area contributed by atoms with Crippen LogP contribution in [0.3, 0.4) is 0 Å². The Morgan fingerprint density at radius 2 is 0.699 bits per heavy atom. The van der Waals surface area contributed by atoms with E-state index in [9.17, 15) is 17.6 Å². The largest absolute Gasteiger partial charge is 0.357 e. The van der Waals surface area contributed by atoms with Gasteiger partial charge in [-0.1, -0.05) is 194 Å². The number of nitrogens with zero attached hydrogens (tertiary/aromatic N) is 12. The smallest absolute Gasteiger partial charge is 0.136 e. The quantitative estimate of drug-likeness (QED) is 0.0631. The van der Waals surface area contributed by atoms with Gasteiger partial charge in [0.1, 0.15) is 29.1 Å². The molecule has 1 saturated heterocycles. The molecule has 14 aromatic rings. The van der Waals surface area contributed by atoms with Crippen LogP contribution in [-0.4, -0.2) is 67.9 Å². The molecule has 11 fully saturated rings. The molecule has 0 amide bonds. The topological polar surface area (TPSA) is 145 Å². The van der Waals surface area contributed by atoms with Gasteiger partial charge in [0, 0.05) is 130 Å². The molecule has 136 heavy (non-hydrogen) atoms. The Labute approximate surface area is 803 Å². The number of pyridine rings is 3. The fraction of sp³-hybridized carbons (Fsp3) is 0.392. The Balaban J connectivity index is 0.000000110. The van der Waals surface area contributed by atoms with Gasteiger partial charge in [-0.3, -0.25) is 49.8 Å². The van der Waals surface area contributed by atoms with Gasteiger partial charge in [-0.05, 0) is 302 Å². The number of rotatable bonds is 21. The van der Waals surface area contributed by atoms with Crippen molar-refractivity contribution in [3.63, 3.8) is 0 Å². The highest BCUT2D eigenvalue weighted by Crippen LogP contribution is 2.66. The van der Waals surface area contributed by atoms with E-state index in [0.29, 0.717) is 86.6 Å². The van der Waals surface area contributed by atoms with E-state index in [1.165, 1.54) is 177 Å². The number of hydrogen-bond donors (Lipinski definition) is 0. The monoisotopic (exact) mass is 1820 g/mol. The van der Waals surface area contributed by atoms with E-state index in [0.717, 1.165) is 104 Å². The zero-order chi connectivity index (χ0) is 95.1. The minimum absolute atomic E-state index is 0.152. The molecule has 10 saturated carbocycles. The van der Waals surface area contributed by atoms with Crippen molar-refractivity contribution in [1.29, 1.82) is 0 Å². The molecule has 700 valence electrons. The van der Waals surface area contributed by atoms with Gasteiger partial charge in [-0.2, -0.15) is 0 Å². The molecule has 0 radical (unpaired) electrons. The zero-order valence-corrected chi connectivity index (χ0v) is 81.8. The summed E-state index contributed by atoms with van der Waals surface area (Å²) in [7, 11) is 0. The average Bonchev–Trinajstić information content (AvgIpc) is 1.68. The maximum Gasteiger partial charge on any atom is 0.136 e. The summed E-state index contributed by atoms with van der Waals surface area (Å²) < 4.78 is 55.7. The van der Waals surface area contributed by atoms with Crippen molar-refractivity contribution in [2.24, 2.45) is 11.8 Å². The number of aromatic nitrogens is 11. The Morgan fingerprint density at radius 1 is 0.279 bits per heavy atom. The molecule has 7 aromatic heterocycles. The summed E-state index contributed by atoms with van der Waals surface area (Å²) in [5, 5.41) is 0. The lowest BCUT2D eigenvalue weighted by Gasteiger charge is -2.62. The number of hydrogen-bond acceptors (Lipinski definition) is 12. The minimum atomic E-state index is -0.238. The number of benzene rings is 7. The lowest BCUT2D eigenvalue weighted by molar-refractivity contribution is -0.0308. The van der Waals surface area contributed by atoms with Crippen LogP contribution < -0.4 is 4.90 Å². The van der Waals surface area contributed by atoms with Crippen LogP contribution in [0.5, 0.6) is 0 Å². The van der Waals surface area contributed by atoms with E-state index in [1.54, 1.807) is 55.4 Å². The lowest BCUT2D eigenvalue weighted by Crippen LogP contribution is -2.55. The lowest BCUT2D eigenvalue weighted by atomic mass is 9.42. The van der Waals surface area contributed by atoms with Crippen LogP contribution in [0, 0.1) is 35.1 Å². The van der Waals surface area contributed by atoms with Crippen LogP contribution in [0.4, 0.5) is 23.4 Å². The predicted octanol–water partition coefficient (Wildman–Crippen LogP) is 31.5. The summed E-state index contributed by atoms with van der Waals surface area (Å²) in [4.78, 5) is 51.8. The molecule has 0 spiro atoms. The van der Waals surface area contributed by atoms with E-state index in [4.69, 9.17) is 9.97 Å². The number of anilines is 1. The van der Waals surface area contributed by atoms with Gasteiger partial charge < -0.3 is 4.90 Å². The van der Waals surface area contributed by atoms with Crippen molar-refractivity contribution in [3.05, 3.63) is 346 Å². The van der Waals surface area contributed by atoms with Gasteiger partial charge in [0.15, 0.2) is 0 Å². The molecule has 7 aromatic carbocycles. The Bertz CT molecular complexity index is 6160. The number of halogens is 4. The molecule has 0 unspecified atom stereocenters. The third-order valence-electron chi connectivity index (χ3n) is 28.9. The van der Waals surface area contributed by atoms with Gasteiger partial charge >= 0.3 is 0 Å². The van der Waals surface area contributed by atoms with E-state index in [-0.39, 0.29) is 35.1 Å². The third kappa shape index (κ3) is 23.2. The Morgan fingerprint density at radius 3 is 1.12 bits per heavy atom. The molecule has 0 atom stereocenters. The molecular weight excluding hydrogens is 1690 g/mol. The highest BCUT2D eigenvalue weighted by molar-refractivity contribution is 5.68. The van der Waals surface area contributed by atoms with Crippen molar-refractivity contribution >= 4 is 5.82 Å². The Hall–Kier alpha value is -12.2. The highest BCUT2D eigenvalue weighted by Gasteiger charge is 2.59. The van der Waals surface area contributed by atoms with Crippen LogP contribution in [0.2, 0.25) is 0 Å². The van der Waals surface area contributed by atoms with Crippen LogP contribution >= 0.6 is 0 Å². The average molecular weight is 1820 g/mol. The Kier molecular flexibility index (Phi) is 29.7. The normalized spacial score (nSPS) is 18.5. The first-order valence-electron chi connectivity index (χ1n) is 50.1. The molecule has 10 aliphatic carbocycles.